The molecule has 0 aliphatic rings. The van der Waals surface area contributed by atoms with Crippen LogP contribution in [-0.4, -0.2) is 21.7 Å². The number of carbonyl (C=O) groups excluding carboxylic acids is 1. The first-order valence-corrected chi connectivity index (χ1v) is 8.59. The highest BCUT2D eigenvalue weighted by molar-refractivity contribution is 5.86. The summed E-state index contributed by atoms with van der Waals surface area (Å²) in [5.41, 5.74) is 6.63. The summed E-state index contributed by atoms with van der Waals surface area (Å²) < 4.78 is 1.99. The first-order valence-electron chi connectivity index (χ1n) is 8.59. The molecular weight excluding hydrogens is 324 g/mol. The average Bonchev–Trinajstić information content (AvgIpc) is 3.05. The third-order valence-electron chi connectivity index (χ3n) is 4.08. The molecule has 1 aromatic heterocycles. The Morgan fingerprint density at radius 3 is 2.73 bits per heavy atom. The fourth-order valence-electron chi connectivity index (χ4n) is 2.69. The molecule has 3 aromatic rings. The fourth-order valence-corrected chi connectivity index (χ4v) is 2.69. The van der Waals surface area contributed by atoms with Crippen molar-refractivity contribution >= 4 is 29.2 Å². The van der Waals surface area contributed by atoms with Crippen LogP contribution in [0.1, 0.15) is 19.4 Å². The molecule has 0 bridgehead atoms. The molecule has 5 heteroatoms. The average molecular weight is 346 g/mol. The summed E-state index contributed by atoms with van der Waals surface area (Å²) in [6.07, 6.45) is 5.44. The maximum atomic E-state index is 12.3. The van der Waals surface area contributed by atoms with E-state index >= 15 is 0 Å². The van der Waals surface area contributed by atoms with E-state index in [0.29, 0.717) is 6.54 Å². The van der Waals surface area contributed by atoms with E-state index in [1.165, 1.54) is 0 Å². The third kappa shape index (κ3) is 4.45. The maximum Gasteiger partial charge on any atom is 0.244 e. The Kier molecular flexibility index (Phi) is 5.59. The van der Waals surface area contributed by atoms with Crippen molar-refractivity contribution in [2.75, 3.05) is 0 Å². The van der Waals surface area contributed by atoms with E-state index in [-0.39, 0.29) is 11.8 Å². The second-order valence-corrected chi connectivity index (χ2v) is 6.32. The molecule has 26 heavy (non-hydrogen) atoms. The molecule has 2 aromatic carbocycles. The Bertz CT molecular complexity index is 941. The van der Waals surface area contributed by atoms with Gasteiger partial charge in [-0.15, -0.1) is 0 Å². The molecule has 3 rings (SSSR count). The van der Waals surface area contributed by atoms with Crippen molar-refractivity contribution in [2.24, 2.45) is 11.0 Å². The van der Waals surface area contributed by atoms with Crippen LogP contribution in [0.4, 0.5) is 0 Å². The van der Waals surface area contributed by atoms with Crippen molar-refractivity contribution in [1.29, 1.82) is 0 Å². The Morgan fingerprint density at radius 2 is 1.92 bits per heavy atom. The third-order valence-corrected chi connectivity index (χ3v) is 4.08. The van der Waals surface area contributed by atoms with Gasteiger partial charge in [0.1, 0.15) is 0 Å². The van der Waals surface area contributed by atoms with Crippen LogP contribution in [0, 0.1) is 5.92 Å². The summed E-state index contributed by atoms with van der Waals surface area (Å²) in [4.78, 5) is 16.6. The van der Waals surface area contributed by atoms with Gasteiger partial charge in [0.2, 0.25) is 5.91 Å². The van der Waals surface area contributed by atoms with Gasteiger partial charge in [0.15, 0.2) is 0 Å². The van der Waals surface area contributed by atoms with Crippen molar-refractivity contribution in [2.45, 2.75) is 20.4 Å². The monoisotopic (exact) mass is 346 g/mol. The van der Waals surface area contributed by atoms with E-state index in [2.05, 4.69) is 15.5 Å². The number of imidazole rings is 1. The number of hydrogen-bond acceptors (Lipinski definition) is 3. The fraction of sp³-hybridized carbons (Fsp3) is 0.190. The van der Waals surface area contributed by atoms with Crippen LogP contribution in [0.3, 0.4) is 0 Å². The zero-order chi connectivity index (χ0) is 18.4. The van der Waals surface area contributed by atoms with Gasteiger partial charge < -0.3 is 4.57 Å². The highest BCUT2D eigenvalue weighted by Gasteiger charge is 2.14. The molecule has 0 fully saturated rings. The van der Waals surface area contributed by atoms with Gasteiger partial charge in [-0.2, -0.15) is 5.10 Å². The first kappa shape index (κ1) is 17.6. The van der Waals surface area contributed by atoms with Crippen LogP contribution < -0.4 is 5.43 Å². The normalized spacial score (nSPS) is 13.2. The molecule has 1 amide bonds. The van der Waals surface area contributed by atoms with Gasteiger partial charge in [0.25, 0.3) is 0 Å². The lowest BCUT2D eigenvalue weighted by atomic mass is 10.1. The SMILES string of the molecule is CC(/C=N\NC(=O)[C@@H](C)Cn1cnc2ccccc21)=C\c1ccccc1. The molecule has 0 aliphatic heterocycles. The van der Waals surface area contributed by atoms with Gasteiger partial charge >= 0.3 is 0 Å². The van der Waals surface area contributed by atoms with E-state index in [0.717, 1.165) is 22.2 Å². The van der Waals surface area contributed by atoms with Crippen molar-refractivity contribution in [3.05, 3.63) is 72.1 Å². The quantitative estimate of drug-likeness (QED) is 0.544. The summed E-state index contributed by atoms with van der Waals surface area (Å²) in [6, 6.07) is 17.9. The van der Waals surface area contributed by atoms with Crippen LogP contribution in [0.2, 0.25) is 0 Å². The van der Waals surface area contributed by atoms with Crippen molar-refractivity contribution < 1.29 is 4.79 Å². The molecule has 5 nitrogen and oxygen atoms in total. The number of nitrogens with zero attached hydrogens (tertiary/aromatic N) is 3. The number of benzene rings is 2. The van der Waals surface area contributed by atoms with E-state index in [9.17, 15) is 4.79 Å². The van der Waals surface area contributed by atoms with E-state index in [1.807, 2.05) is 79.1 Å². The molecule has 1 heterocycles. The van der Waals surface area contributed by atoms with Gasteiger partial charge in [-0.3, -0.25) is 4.79 Å². The Morgan fingerprint density at radius 1 is 1.19 bits per heavy atom. The van der Waals surface area contributed by atoms with E-state index in [4.69, 9.17) is 0 Å². The summed E-state index contributed by atoms with van der Waals surface area (Å²) >= 11 is 0. The standard InChI is InChI=1S/C21H22N4O/c1-16(12-18-8-4-3-5-9-18)13-23-24-21(26)17(2)14-25-15-22-19-10-6-7-11-20(19)25/h3-13,15,17H,14H2,1-2H3,(H,24,26)/b16-12+,23-13-/t17-/m0/s1. The second kappa shape index (κ2) is 8.25. The Labute approximate surface area is 153 Å². The number of rotatable bonds is 6. The molecule has 0 unspecified atom stereocenters. The van der Waals surface area contributed by atoms with Crippen LogP contribution in [0.25, 0.3) is 17.1 Å². The number of aromatic nitrogens is 2. The summed E-state index contributed by atoms with van der Waals surface area (Å²) in [7, 11) is 0. The van der Waals surface area contributed by atoms with Crippen molar-refractivity contribution in [3.8, 4) is 0 Å². The molecule has 132 valence electrons. The van der Waals surface area contributed by atoms with Crippen LogP contribution >= 0.6 is 0 Å². The molecule has 0 aliphatic carbocycles. The predicted molar refractivity (Wildman–Crippen MR) is 106 cm³/mol. The summed E-state index contributed by atoms with van der Waals surface area (Å²) in [5, 5.41) is 4.06. The zero-order valence-electron chi connectivity index (χ0n) is 15.0. The number of nitrogens with one attached hydrogen (secondary N) is 1. The zero-order valence-corrected chi connectivity index (χ0v) is 15.0. The molecule has 1 atom stereocenters. The topological polar surface area (TPSA) is 59.3 Å². The highest BCUT2D eigenvalue weighted by atomic mass is 16.2. The predicted octanol–water partition coefficient (Wildman–Crippen LogP) is 3.88. The lowest BCUT2D eigenvalue weighted by Crippen LogP contribution is -2.27. The minimum atomic E-state index is -0.219. The Hall–Kier alpha value is -3.21. The maximum absolute atomic E-state index is 12.3. The molecule has 0 spiro atoms. The van der Waals surface area contributed by atoms with Crippen LogP contribution in [0.5, 0.6) is 0 Å². The van der Waals surface area contributed by atoms with Crippen molar-refractivity contribution in [1.82, 2.24) is 15.0 Å². The number of para-hydroxylation sites is 2. The van der Waals surface area contributed by atoms with Crippen LogP contribution in [-0.2, 0) is 11.3 Å². The summed E-state index contributed by atoms with van der Waals surface area (Å²) in [5.74, 6) is -0.338. The highest BCUT2D eigenvalue weighted by Crippen LogP contribution is 2.13. The lowest BCUT2D eigenvalue weighted by Gasteiger charge is -2.11. The number of hydrogen-bond donors (Lipinski definition) is 1. The number of allylic oxidation sites excluding steroid dienone is 1. The smallest absolute Gasteiger partial charge is 0.244 e. The molecule has 0 saturated carbocycles. The molecule has 1 N–H and O–H groups in total. The molecule has 0 saturated heterocycles. The van der Waals surface area contributed by atoms with Gasteiger partial charge in [0, 0.05) is 6.54 Å². The van der Waals surface area contributed by atoms with Gasteiger partial charge in [-0.05, 0) is 30.2 Å². The minimum Gasteiger partial charge on any atom is -0.330 e. The number of fused-ring (bicyclic) bond motifs is 1. The number of amides is 1. The Balaban J connectivity index is 1.56. The lowest BCUT2D eigenvalue weighted by molar-refractivity contribution is -0.124. The van der Waals surface area contributed by atoms with Gasteiger partial charge in [0.05, 0.1) is 29.5 Å². The van der Waals surface area contributed by atoms with Gasteiger partial charge in [-0.25, -0.2) is 10.4 Å². The summed E-state index contributed by atoms with van der Waals surface area (Å²) in [6.45, 7) is 4.39. The molecular formula is C21H22N4O. The van der Waals surface area contributed by atoms with Gasteiger partial charge in [-0.1, -0.05) is 55.5 Å². The van der Waals surface area contributed by atoms with E-state index < -0.39 is 0 Å². The van der Waals surface area contributed by atoms with E-state index in [1.54, 1.807) is 12.5 Å². The van der Waals surface area contributed by atoms with Crippen molar-refractivity contribution in [3.63, 3.8) is 0 Å². The number of carbonyl (C=O) groups is 1. The second-order valence-electron chi connectivity index (χ2n) is 6.32. The van der Waals surface area contributed by atoms with Crippen LogP contribution in [0.15, 0.2) is 71.6 Å². The number of hydrazone groups is 1. The largest absolute Gasteiger partial charge is 0.330 e. The molecule has 0 radical (unpaired) electrons. The minimum absolute atomic E-state index is 0.119. The first-order chi connectivity index (χ1) is 12.6.